The molecular formula is C15H22N2O3S. The van der Waals surface area contributed by atoms with Gasteiger partial charge in [-0.2, -0.15) is 4.31 Å². The molecule has 1 aliphatic heterocycles. The van der Waals surface area contributed by atoms with E-state index in [1.165, 1.54) is 32.1 Å². The summed E-state index contributed by atoms with van der Waals surface area (Å²) in [7, 11) is -3.44. The van der Waals surface area contributed by atoms with Crippen LogP contribution in [0.2, 0.25) is 0 Å². The molecule has 2 aliphatic carbocycles. The van der Waals surface area contributed by atoms with Crippen LogP contribution >= 0.6 is 0 Å². The normalized spacial score (nSPS) is 29.9. The van der Waals surface area contributed by atoms with Gasteiger partial charge in [-0.1, -0.05) is 6.42 Å². The minimum atomic E-state index is -3.44. The van der Waals surface area contributed by atoms with Gasteiger partial charge in [0, 0.05) is 19.1 Å². The Bertz CT molecular complexity index is 609. The maximum absolute atomic E-state index is 12.6. The minimum Gasteiger partial charge on any atom is -0.447 e. The number of nitrogens with zero attached hydrogens (tertiary/aromatic N) is 1. The van der Waals surface area contributed by atoms with E-state index < -0.39 is 10.0 Å². The molecule has 0 spiro atoms. The maximum Gasteiger partial charge on any atom is 0.276 e. The second-order valence-electron chi connectivity index (χ2n) is 6.65. The molecule has 1 aromatic heterocycles. The fraction of sp³-hybridized carbons (Fsp3) is 0.733. The smallest absolute Gasteiger partial charge is 0.276 e. The van der Waals surface area contributed by atoms with Crippen LogP contribution in [0.25, 0.3) is 0 Å². The van der Waals surface area contributed by atoms with Crippen LogP contribution in [-0.4, -0.2) is 31.9 Å². The van der Waals surface area contributed by atoms with Crippen LogP contribution in [0.5, 0.6) is 0 Å². The molecule has 0 radical (unpaired) electrons. The van der Waals surface area contributed by atoms with Gasteiger partial charge in [0.25, 0.3) is 10.0 Å². The van der Waals surface area contributed by atoms with E-state index >= 15 is 0 Å². The molecule has 0 amide bonds. The largest absolute Gasteiger partial charge is 0.447 e. The van der Waals surface area contributed by atoms with Crippen molar-refractivity contribution in [2.24, 2.45) is 11.8 Å². The topological polar surface area (TPSA) is 62.6 Å². The van der Waals surface area contributed by atoms with Gasteiger partial charge < -0.3 is 9.73 Å². The Morgan fingerprint density at radius 2 is 1.86 bits per heavy atom. The summed E-state index contributed by atoms with van der Waals surface area (Å²) < 4.78 is 32.5. The molecule has 116 valence electrons. The van der Waals surface area contributed by atoms with Gasteiger partial charge in [0.05, 0.1) is 6.54 Å². The first-order valence-electron chi connectivity index (χ1n) is 7.95. The molecule has 2 atom stereocenters. The van der Waals surface area contributed by atoms with E-state index in [1.54, 1.807) is 16.4 Å². The first-order valence-corrected chi connectivity index (χ1v) is 9.39. The molecule has 0 aromatic carbocycles. The van der Waals surface area contributed by atoms with E-state index in [2.05, 4.69) is 5.32 Å². The second kappa shape index (κ2) is 5.11. The van der Waals surface area contributed by atoms with E-state index in [0.717, 1.165) is 0 Å². The summed E-state index contributed by atoms with van der Waals surface area (Å²) in [5.41, 5.74) is 0. The van der Waals surface area contributed by atoms with Gasteiger partial charge in [0.2, 0.25) is 5.09 Å². The zero-order valence-electron chi connectivity index (χ0n) is 12.1. The number of furan rings is 1. The van der Waals surface area contributed by atoms with Crippen molar-refractivity contribution in [3.05, 3.63) is 17.9 Å². The number of hydrogen-bond donors (Lipinski definition) is 1. The van der Waals surface area contributed by atoms with Gasteiger partial charge in [-0.15, -0.1) is 0 Å². The van der Waals surface area contributed by atoms with Crippen LogP contribution in [0.1, 0.15) is 37.9 Å². The molecule has 2 heterocycles. The fourth-order valence-electron chi connectivity index (χ4n) is 3.64. The minimum absolute atomic E-state index is 0.107. The molecule has 6 heteroatoms. The summed E-state index contributed by atoms with van der Waals surface area (Å²) in [5, 5.41) is 3.44. The van der Waals surface area contributed by atoms with Crippen LogP contribution in [0.4, 0.5) is 0 Å². The molecule has 2 saturated carbocycles. The highest BCUT2D eigenvalue weighted by Gasteiger charge is 2.42. The number of fused-ring (bicyclic) bond motifs is 1. The van der Waals surface area contributed by atoms with Gasteiger partial charge in [-0.3, -0.25) is 0 Å². The van der Waals surface area contributed by atoms with Crippen molar-refractivity contribution < 1.29 is 12.8 Å². The van der Waals surface area contributed by atoms with E-state index in [0.29, 0.717) is 43.3 Å². The first-order chi connectivity index (χ1) is 10.1. The third-order valence-corrected chi connectivity index (χ3v) is 6.77. The number of nitrogens with one attached hydrogen (secondary N) is 1. The summed E-state index contributed by atoms with van der Waals surface area (Å²) >= 11 is 0. The average molecular weight is 310 g/mol. The molecule has 1 N–H and O–H groups in total. The Kier molecular flexibility index (Phi) is 3.35. The van der Waals surface area contributed by atoms with Crippen LogP contribution < -0.4 is 5.32 Å². The lowest BCUT2D eigenvalue weighted by molar-refractivity contribution is 0.374. The Morgan fingerprint density at radius 3 is 2.52 bits per heavy atom. The molecule has 4 rings (SSSR count). The van der Waals surface area contributed by atoms with Crippen molar-refractivity contribution in [2.45, 2.75) is 49.8 Å². The summed E-state index contributed by atoms with van der Waals surface area (Å²) in [6, 6.07) is 3.97. The fourth-order valence-corrected chi connectivity index (χ4v) is 5.12. The second-order valence-corrected chi connectivity index (χ2v) is 8.52. The van der Waals surface area contributed by atoms with Gasteiger partial charge in [-0.25, -0.2) is 8.42 Å². The zero-order chi connectivity index (χ0) is 14.4. The van der Waals surface area contributed by atoms with Crippen molar-refractivity contribution in [3.8, 4) is 0 Å². The van der Waals surface area contributed by atoms with Crippen molar-refractivity contribution in [1.82, 2.24) is 9.62 Å². The monoisotopic (exact) mass is 310 g/mol. The van der Waals surface area contributed by atoms with Gasteiger partial charge >= 0.3 is 0 Å². The predicted molar refractivity (Wildman–Crippen MR) is 78.2 cm³/mol. The standard InChI is InChI=1S/C15H22N2O3S/c18-21(19,17-9-11-2-1-3-12(11)10-17)15-7-6-14(20-15)8-16-13-4-5-13/h6-7,11-13,16H,1-5,8-10H2. The number of rotatable bonds is 5. The molecule has 2 unspecified atom stereocenters. The summed E-state index contributed by atoms with van der Waals surface area (Å²) in [6.45, 7) is 1.96. The zero-order valence-corrected chi connectivity index (χ0v) is 12.9. The van der Waals surface area contributed by atoms with Crippen LogP contribution in [-0.2, 0) is 16.6 Å². The highest BCUT2D eigenvalue weighted by Crippen LogP contribution is 2.39. The summed E-state index contributed by atoms with van der Waals surface area (Å²) in [4.78, 5) is 0. The maximum atomic E-state index is 12.6. The molecular weight excluding hydrogens is 288 g/mol. The summed E-state index contributed by atoms with van der Waals surface area (Å²) in [6.07, 6.45) is 6.02. The van der Waals surface area contributed by atoms with E-state index in [4.69, 9.17) is 4.42 Å². The van der Waals surface area contributed by atoms with E-state index in [1.807, 2.05) is 0 Å². The van der Waals surface area contributed by atoms with Gasteiger partial charge in [0.1, 0.15) is 5.76 Å². The lowest BCUT2D eigenvalue weighted by Crippen LogP contribution is -2.29. The highest BCUT2D eigenvalue weighted by atomic mass is 32.2. The lowest BCUT2D eigenvalue weighted by atomic mass is 10.0. The molecule has 5 nitrogen and oxygen atoms in total. The quantitative estimate of drug-likeness (QED) is 0.903. The van der Waals surface area contributed by atoms with Crippen molar-refractivity contribution in [1.29, 1.82) is 0 Å². The molecule has 3 fully saturated rings. The van der Waals surface area contributed by atoms with Gasteiger partial charge in [-0.05, 0) is 49.7 Å². The van der Waals surface area contributed by atoms with E-state index in [9.17, 15) is 8.42 Å². The van der Waals surface area contributed by atoms with Crippen LogP contribution in [0, 0.1) is 11.8 Å². The third-order valence-electron chi connectivity index (χ3n) is 5.07. The third kappa shape index (κ3) is 2.64. The first kappa shape index (κ1) is 13.8. The SMILES string of the molecule is O=S(=O)(c1ccc(CNC2CC2)o1)N1CC2CCCC2C1. The van der Waals surface area contributed by atoms with Crippen molar-refractivity contribution >= 4 is 10.0 Å². The van der Waals surface area contributed by atoms with Gasteiger partial charge in [0.15, 0.2) is 0 Å². The Balaban J connectivity index is 1.46. The predicted octanol–water partition coefficient (Wildman–Crippen LogP) is 1.95. The molecule has 0 bridgehead atoms. The van der Waals surface area contributed by atoms with Crippen molar-refractivity contribution in [3.63, 3.8) is 0 Å². The average Bonchev–Trinajstić information content (AvgIpc) is 2.89. The number of hydrogen-bond acceptors (Lipinski definition) is 4. The summed E-state index contributed by atoms with van der Waals surface area (Å²) in [5.74, 6) is 1.83. The Morgan fingerprint density at radius 1 is 1.14 bits per heavy atom. The molecule has 21 heavy (non-hydrogen) atoms. The van der Waals surface area contributed by atoms with Crippen LogP contribution in [0.15, 0.2) is 21.6 Å². The van der Waals surface area contributed by atoms with Crippen molar-refractivity contribution in [2.75, 3.05) is 13.1 Å². The molecule has 1 saturated heterocycles. The Labute approximate surface area is 125 Å². The lowest BCUT2D eigenvalue weighted by Gasteiger charge is -2.15. The highest BCUT2D eigenvalue weighted by molar-refractivity contribution is 7.89. The van der Waals surface area contributed by atoms with Crippen LogP contribution in [0.3, 0.4) is 0 Å². The molecule has 1 aromatic rings. The Hall–Kier alpha value is -0.850. The van der Waals surface area contributed by atoms with E-state index in [-0.39, 0.29) is 5.09 Å². The number of sulfonamides is 1. The molecule has 3 aliphatic rings.